The average Bonchev–Trinajstić information content (AvgIpc) is 2.43. The maximum absolute atomic E-state index is 9.30. The fourth-order valence-electron chi connectivity index (χ4n) is 1.52. The van der Waals surface area contributed by atoms with Crippen molar-refractivity contribution >= 4 is 11.8 Å². The van der Waals surface area contributed by atoms with Crippen LogP contribution in [0, 0.1) is 0 Å². The Balaban J connectivity index is 2.53. The minimum Gasteiger partial charge on any atom is -0.497 e. The number of hydrogen-bond donors (Lipinski definition) is 3. The van der Waals surface area contributed by atoms with E-state index in [9.17, 15) is 5.11 Å². The van der Waals surface area contributed by atoms with Crippen molar-refractivity contribution in [2.45, 2.75) is 24.3 Å². The van der Waals surface area contributed by atoms with E-state index in [1.807, 2.05) is 31.2 Å². The van der Waals surface area contributed by atoms with Crippen LogP contribution in [0.5, 0.6) is 5.75 Å². The normalized spacial score (nSPS) is 16.1. The van der Waals surface area contributed by atoms with Crippen molar-refractivity contribution in [1.29, 1.82) is 0 Å². The van der Waals surface area contributed by atoms with E-state index in [0.29, 0.717) is 5.75 Å². The molecule has 102 valence electrons. The molecule has 0 amide bonds. The van der Waals surface area contributed by atoms with Crippen LogP contribution in [0.15, 0.2) is 24.3 Å². The molecule has 4 nitrogen and oxygen atoms in total. The Morgan fingerprint density at radius 2 is 1.94 bits per heavy atom. The highest BCUT2D eigenvalue weighted by atomic mass is 32.2. The number of thioether (sulfide) groups is 1. The SMILES string of the molecule is COc1ccc(C(N)C(C)SCC(O)CO)cc1. The van der Waals surface area contributed by atoms with Crippen LogP contribution in [0.1, 0.15) is 18.5 Å². The first-order chi connectivity index (χ1) is 8.58. The molecule has 0 aliphatic heterocycles. The molecule has 0 bridgehead atoms. The van der Waals surface area contributed by atoms with Gasteiger partial charge < -0.3 is 20.7 Å². The quantitative estimate of drug-likeness (QED) is 0.694. The van der Waals surface area contributed by atoms with E-state index in [-0.39, 0.29) is 17.9 Å². The van der Waals surface area contributed by atoms with Gasteiger partial charge in [-0.05, 0) is 17.7 Å². The molecule has 0 aromatic heterocycles. The summed E-state index contributed by atoms with van der Waals surface area (Å²) in [5.74, 6) is 1.29. The molecule has 0 saturated carbocycles. The van der Waals surface area contributed by atoms with Gasteiger partial charge in [0.05, 0.1) is 19.8 Å². The average molecular weight is 271 g/mol. The monoisotopic (exact) mass is 271 g/mol. The molecular formula is C13H21NO3S. The summed E-state index contributed by atoms with van der Waals surface area (Å²) in [5.41, 5.74) is 7.19. The Kier molecular flexibility index (Phi) is 6.49. The number of benzene rings is 1. The molecular weight excluding hydrogens is 250 g/mol. The first kappa shape index (κ1) is 15.3. The molecule has 4 N–H and O–H groups in total. The lowest BCUT2D eigenvalue weighted by molar-refractivity contribution is 0.113. The Labute approximate surface area is 112 Å². The number of rotatable bonds is 7. The van der Waals surface area contributed by atoms with Gasteiger partial charge in [-0.15, -0.1) is 0 Å². The summed E-state index contributed by atoms with van der Waals surface area (Å²) in [7, 11) is 1.63. The van der Waals surface area contributed by atoms with Gasteiger partial charge in [0.2, 0.25) is 0 Å². The van der Waals surface area contributed by atoms with Gasteiger partial charge in [-0.3, -0.25) is 0 Å². The van der Waals surface area contributed by atoms with Gasteiger partial charge >= 0.3 is 0 Å². The Hall–Kier alpha value is -0.750. The van der Waals surface area contributed by atoms with Crippen molar-refractivity contribution in [3.63, 3.8) is 0 Å². The molecule has 0 fully saturated rings. The van der Waals surface area contributed by atoms with E-state index in [1.54, 1.807) is 18.9 Å². The highest BCUT2D eigenvalue weighted by Gasteiger charge is 2.16. The second-order valence-electron chi connectivity index (χ2n) is 4.17. The van der Waals surface area contributed by atoms with E-state index in [0.717, 1.165) is 11.3 Å². The summed E-state index contributed by atoms with van der Waals surface area (Å²) >= 11 is 1.56. The van der Waals surface area contributed by atoms with E-state index in [1.165, 1.54) is 0 Å². The Morgan fingerprint density at radius 1 is 1.33 bits per heavy atom. The van der Waals surface area contributed by atoms with E-state index in [2.05, 4.69) is 0 Å². The molecule has 3 atom stereocenters. The fraction of sp³-hybridized carbons (Fsp3) is 0.538. The zero-order chi connectivity index (χ0) is 13.5. The van der Waals surface area contributed by atoms with Crippen LogP contribution in [-0.4, -0.2) is 41.0 Å². The summed E-state index contributed by atoms with van der Waals surface area (Å²) < 4.78 is 5.10. The lowest BCUT2D eigenvalue weighted by Gasteiger charge is -2.21. The van der Waals surface area contributed by atoms with Crippen LogP contribution < -0.4 is 10.5 Å². The molecule has 0 heterocycles. The molecule has 1 aromatic carbocycles. The highest BCUT2D eigenvalue weighted by molar-refractivity contribution is 7.99. The Morgan fingerprint density at radius 3 is 2.44 bits per heavy atom. The number of methoxy groups -OCH3 is 1. The maximum atomic E-state index is 9.30. The van der Waals surface area contributed by atoms with Gasteiger partial charge in [-0.2, -0.15) is 11.8 Å². The van der Waals surface area contributed by atoms with Crippen LogP contribution in [-0.2, 0) is 0 Å². The summed E-state index contributed by atoms with van der Waals surface area (Å²) in [4.78, 5) is 0. The number of aliphatic hydroxyl groups excluding tert-OH is 2. The molecule has 5 heteroatoms. The summed E-state index contributed by atoms with van der Waals surface area (Å²) in [6, 6.07) is 7.56. The van der Waals surface area contributed by atoms with E-state index >= 15 is 0 Å². The molecule has 18 heavy (non-hydrogen) atoms. The van der Waals surface area contributed by atoms with Crippen LogP contribution in [0.25, 0.3) is 0 Å². The molecule has 0 aliphatic carbocycles. The third kappa shape index (κ3) is 4.49. The molecule has 1 aromatic rings. The second kappa shape index (κ2) is 7.63. The van der Waals surface area contributed by atoms with Gasteiger partial charge in [-0.1, -0.05) is 19.1 Å². The van der Waals surface area contributed by atoms with Gasteiger partial charge in [0.1, 0.15) is 5.75 Å². The highest BCUT2D eigenvalue weighted by Crippen LogP contribution is 2.26. The van der Waals surface area contributed by atoms with Gasteiger partial charge in [0, 0.05) is 17.0 Å². The number of aliphatic hydroxyl groups is 2. The predicted octanol–water partition coefficient (Wildman–Crippen LogP) is 1.17. The molecule has 0 aliphatic rings. The molecule has 0 saturated heterocycles. The number of ether oxygens (including phenoxy) is 1. The van der Waals surface area contributed by atoms with Crippen LogP contribution in [0.4, 0.5) is 0 Å². The van der Waals surface area contributed by atoms with Crippen molar-refractivity contribution in [2.24, 2.45) is 5.73 Å². The van der Waals surface area contributed by atoms with Crippen LogP contribution in [0.3, 0.4) is 0 Å². The third-order valence-corrected chi connectivity index (χ3v) is 4.16. The van der Waals surface area contributed by atoms with E-state index in [4.69, 9.17) is 15.6 Å². The van der Waals surface area contributed by atoms with Crippen molar-refractivity contribution in [1.82, 2.24) is 0 Å². The van der Waals surface area contributed by atoms with E-state index < -0.39 is 6.10 Å². The number of hydrogen-bond acceptors (Lipinski definition) is 5. The second-order valence-corrected chi connectivity index (χ2v) is 5.58. The zero-order valence-electron chi connectivity index (χ0n) is 10.7. The maximum Gasteiger partial charge on any atom is 0.118 e. The lowest BCUT2D eigenvalue weighted by atomic mass is 10.1. The largest absolute Gasteiger partial charge is 0.497 e. The fourth-order valence-corrected chi connectivity index (χ4v) is 2.51. The molecule has 0 spiro atoms. The van der Waals surface area contributed by atoms with Gasteiger partial charge in [-0.25, -0.2) is 0 Å². The summed E-state index contributed by atoms with van der Waals surface area (Å²) in [5, 5.41) is 18.2. The van der Waals surface area contributed by atoms with Crippen molar-refractivity contribution in [2.75, 3.05) is 19.5 Å². The van der Waals surface area contributed by atoms with Crippen molar-refractivity contribution < 1.29 is 14.9 Å². The Bertz CT molecular complexity index is 345. The minimum atomic E-state index is -0.680. The first-order valence-electron chi connectivity index (χ1n) is 5.88. The zero-order valence-corrected chi connectivity index (χ0v) is 11.6. The van der Waals surface area contributed by atoms with Gasteiger partial charge in [0.25, 0.3) is 0 Å². The summed E-state index contributed by atoms with van der Waals surface area (Å²) in [6.45, 7) is 1.81. The summed E-state index contributed by atoms with van der Waals surface area (Å²) in [6.07, 6.45) is -0.680. The van der Waals surface area contributed by atoms with Gasteiger partial charge in [0.15, 0.2) is 0 Å². The topological polar surface area (TPSA) is 75.7 Å². The third-order valence-electron chi connectivity index (χ3n) is 2.77. The van der Waals surface area contributed by atoms with Crippen LogP contribution in [0.2, 0.25) is 0 Å². The lowest BCUT2D eigenvalue weighted by Crippen LogP contribution is -2.24. The predicted molar refractivity (Wildman–Crippen MR) is 74.9 cm³/mol. The molecule has 3 unspecified atom stereocenters. The number of nitrogens with two attached hydrogens (primary N) is 1. The smallest absolute Gasteiger partial charge is 0.118 e. The minimum absolute atomic E-state index is 0.105. The van der Waals surface area contributed by atoms with Crippen molar-refractivity contribution in [3.8, 4) is 5.75 Å². The molecule has 0 radical (unpaired) electrons. The first-order valence-corrected chi connectivity index (χ1v) is 6.93. The standard InChI is InChI=1S/C13H21NO3S/c1-9(18-8-11(16)7-15)13(14)10-3-5-12(17-2)6-4-10/h3-6,9,11,13,15-16H,7-8,14H2,1-2H3. The molecule has 1 rings (SSSR count). The van der Waals surface area contributed by atoms with Crippen molar-refractivity contribution in [3.05, 3.63) is 29.8 Å². The van der Waals surface area contributed by atoms with Crippen LogP contribution >= 0.6 is 11.8 Å².